The predicted molar refractivity (Wildman–Crippen MR) is 87.0 cm³/mol. The van der Waals surface area contributed by atoms with Crippen LogP contribution in [-0.4, -0.2) is 17.1 Å². The van der Waals surface area contributed by atoms with Gasteiger partial charge in [0.15, 0.2) is 0 Å². The zero-order valence-corrected chi connectivity index (χ0v) is 13.4. The Kier molecular flexibility index (Phi) is 4.98. The molecule has 2 aromatic rings. The molecule has 0 aliphatic heterocycles. The van der Waals surface area contributed by atoms with E-state index in [-0.39, 0.29) is 17.2 Å². The highest BCUT2D eigenvalue weighted by Gasteiger charge is 2.16. The summed E-state index contributed by atoms with van der Waals surface area (Å²) in [4.78, 5) is 23.5. The van der Waals surface area contributed by atoms with Gasteiger partial charge in [-0.2, -0.15) is 0 Å². The Labute approximate surface area is 134 Å². The van der Waals surface area contributed by atoms with Crippen LogP contribution in [0.2, 0.25) is 0 Å². The molecule has 0 fully saturated rings. The van der Waals surface area contributed by atoms with Gasteiger partial charge >= 0.3 is 0 Å². The largest absolute Gasteiger partial charge is 0.322 e. The summed E-state index contributed by atoms with van der Waals surface area (Å²) in [6, 6.07) is 11.7. The quantitative estimate of drug-likeness (QED) is 0.496. The fourth-order valence-electron chi connectivity index (χ4n) is 1.70. The van der Waals surface area contributed by atoms with Crippen LogP contribution in [0.4, 0.5) is 11.4 Å². The molecule has 21 heavy (non-hydrogen) atoms. The Hall–Kier alpha value is -1.86. The summed E-state index contributed by atoms with van der Waals surface area (Å²) in [5.74, 6) is -0.385. The summed E-state index contributed by atoms with van der Waals surface area (Å²) >= 11 is 4.66. The van der Waals surface area contributed by atoms with E-state index in [4.69, 9.17) is 0 Å². The van der Waals surface area contributed by atoms with Crippen LogP contribution >= 0.6 is 27.7 Å². The number of hydrogen-bond acceptors (Lipinski definition) is 4. The van der Waals surface area contributed by atoms with Crippen LogP contribution in [0.3, 0.4) is 0 Å². The molecule has 1 amide bonds. The SMILES string of the molecule is CSc1cccc(NC(=O)c2ccc(Br)c([N+](=O)[O-])c2)c1. The zero-order valence-electron chi connectivity index (χ0n) is 11.0. The Morgan fingerprint density at radius 3 is 2.71 bits per heavy atom. The number of thioether (sulfide) groups is 1. The van der Waals surface area contributed by atoms with Crippen molar-refractivity contribution in [1.29, 1.82) is 0 Å². The van der Waals surface area contributed by atoms with E-state index in [1.807, 2.05) is 24.5 Å². The summed E-state index contributed by atoms with van der Waals surface area (Å²) < 4.78 is 0.341. The molecule has 1 N–H and O–H groups in total. The number of carbonyl (C=O) groups is 1. The van der Waals surface area contributed by atoms with Crippen molar-refractivity contribution in [3.05, 3.63) is 62.6 Å². The van der Waals surface area contributed by atoms with Gasteiger partial charge in [-0.25, -0.2) is 0 Å². The van der Waals surface area contributed by atoms with E-state index in [9.17, 15) is 14.9 Å². The van der Waals surface area contributed by atoms with Crippen LogP contribution in [0.25, 0.3) is 0 Å². The lowest BCUT2D eigenvalue weighted by atomic mass is 10.2. The normalized spacial score (nSPS) is 10.2. The molecule has 0 aliphatic carbocycles. The Morgan fingerprint density at radius 2 is 2.05 bits per heavy atom. The molecule has 0 saturated carbocycles. The van der Waals surface area contributed by atoms with Crippen LogP contribution in [0, 0.1) is 10.1 Å². The highest BCUT2D eigenvalue weighted by molar-refractivity contribution is 9.10. The van der Waals surface area contributed by atoms with Crippen LogP contribution in [-0.2, 0) is 0 Å². The summed E-state index contributed by atoms with van der Waals surface area (Å²) in [5.41, 5.74) is 0.748. The summed E-state index contributed by atoms with van der Waals surface area (Å²) in [6.45, 7) is 0. The molecule has 2 rings (SSSR count). The van der Waals surface area contributed by atoms with Crippen molar-refractivity contribution in [2.75, 3.05) is 11.6 Å². The number of nitrogens with zero attached hydrogens (tertiary/aromatic N) is 1. The van der Waals surface area contributed by atoms with Gasteiger partial charge in [-0.3, -0.25) is 14.9 Å². The lowest BCUT2D eigenvalue weighted by Gasteiger charge is -2.07. The summed E-state index contributed by atoms with van der Waals surface area (Å²) in [7, 11) is 0. The number of benzene rings is 2. The number of halogens is 1. The van der Waals surface area contributed by atoms with Crippen molar-refractivity contribution >= 4 is 45.0 Å². The molecule has 5 nitrogen and oxygen atoms in total. The Balaban J connectivity index is 2.24. The average molecular weight is 367 g/mol. The molecule has 0 atom stereocenters. The third-order valence-corrected chi connectivity index (χ3v) is 4.13. The van der Waals surface area contributed by atoms with E-state index >= 15 is 0 Å². The van der Waals surface area contributed by atoms with Crippen molar-refractivity contribution < 1.29 is 9.72 Å². The van der Waals surface area contributed by atoms with E-state index in [1.54, 1.807) is 17.8 Å². The van der Waals surface area contributed by atoms with Gasteiger partial charge in [-0.1, -0.05) is 6.07 Å². The number of anilines is 1. The molecular formula is C14H11BrN2O3S. The standard InChI is InChI=1S/C14H11BrN2O3S/c1-21-11-4-2-3-10(8-11)16-14(18)9-5-6-12(15)13(7-9)17(19)20/h2-8H,1H3,(H,16,18). The fourth-order valence-corrected chi connectivity index (χ4v) is 2.55. The lowest BCUT2D eigenvalue weighted by Crippen LogP contribution is -2.12. The third-order valence-electron chi connectivity index (χ3n) is 2.73. The Morgan fingerprint density at radius 1 is 1.29 bits per heavy atom. The second kappa shape index (κ2) is 6.73. The molecule has 0 aromatic heterocycles. The molecule has 0 aliphatic rings. The van der Waals surface area contributed by atoms with Gasteiger partial charge in [0.25, 0.3) is 11.6 Å². The smallest absolute Gasteiger partial charge is 0.284 e. The molecule has 2 aromatic carbocycles. The molecular weight excluding hydrogens is 356 g/mol. The third kappa shape index (κ3) is 3.83. The monoisotopic (exact) mass is 366 g/mol. The van der Waals surface area contributed by atoms with Gasteiger partial charge in [0, 0.05) is 22.2 Å². The van der Waals surface area contributed by atoms with E-state index in [1.165, 1.54) is 18.2 Å². The number of nitro groups is 1. The van der Waals surface area contributed by atoms with Crippen molar-refractivity contribution in [2.45, 2.75) is 4.90 Å². The van der Waals surface area contributed by atoms with Gasteiger partial charge in [0.2, 0.25) is 0 Å². The van der Waals surface area contributed by atoms with Crippen molar-refractivity contribution in [2.24, 2.45) is 0 Å². The molecule has 0 heterocycles. The first kappa shape index (κ1) is 15.5. The highest BCUT2D eigenvalue weighted by atomic mass is 79.9. The zero-order chi connectivity index (χ0) is 15.4. The molecule has 0 saturated heterocycles. The van der Waals surface area contributed by atoms with Crippen LogP contribution < -0.4 is 5.32 Å². The van der Waals surface area contributed by atoms with E-state index in [0.717, 1.165) is 4.90 Å². The number of nitrogens with one attached hydrogen (secondary N) is 1. The van der Waals surface area contributed by atoms with Crippen molar-refractivity contribution in [1.82, 2.24) is 0 Å². The van der Waals surface area contributed by atoms with Gasteiger partial charge in [-0.15, -0.1) is 11.8 Å². The molecule has 0 spiro atoms. The first-order chi connectivity index (χ1) is 10.0. The summed E-state index contributed by atoms with van der Waals surface area (Å²) in [6.07, 6.45) is 1.94. The number of rotatable bonds is 4. The van der Waals surface area contributed by atoms with Crippen molar-refractivity contribution in [3.63, 3.8) is 0 Å². The lowest BCUT2D eigenvalue weighted by molar-refractivity contribution is -0.385. The van der Waals surface area contributed by atoms with Crippen LogP contribution in [0.1, 0.15) is 10.4 Å². The minimum absolute atomic E-state index is 0.138. The predicted octanol–water partition coefficient (Wildman–Crippen LogP) is 4.33. The van der Waals surface area contributed by atoms with E-state index < -0.39 is 4.92 Å². The maximum Gasteiger partial charge on any atom is 0.284 e. The maximum atomic E-state index is 12.1. The van der Waals surface area contributed by atoms with Gasteiger partial charge in [0.05, 0.1) is 9.40 Å². The molecule has 0 bridgehead atoms. The highest BCUT2D eigenvalue weighted by Crippen LogP contribution is 2.26. The minimum atomic E-state index is -0.533. The molecule has 0 radical (unpaired) electrons. The average Bonchev–Trinajstić information content (AvgIpc) is 2.47. The van der Waals surface area contributed by atoms with E-state index in [0.29, 0.717) is 10.2 Å². The topological polar surface area (TPSA) is 72.2 Å². The van der Waals surface area contributed by atoms with Crippen molar-refractivity contribution in [3.8, 4) is 0 Å². The first-order valence-corrected chi connectivity index (χ1v) is 7.92. The van der Waals surface area contributed by atoms with Crippen LogP contribution in [0.15, 0.2) is 51.8 Å². The number of amides is 1. The Bertz CT molecular complexity index is 706. The van der Waals surface area contributed by atoms with Gasteiger partial charge < -0.3 is 5.32 Å². The minimum Gasteiger partial charge on any atom is -0.322 e. The molecule has 108 valence electrons. The molecule has 0 unspecified atom stereocenters. The van der Waals surface area contributed by atoms with Gasteiger partial charge in [-0.05, 0) is 52.5 Å². The number of hydrogen-bond donors (Lipinski definition) is 1. The molecule has 7 heteroatoms. The van der Waals surface area contributed by atoms with Crippen LogP contribution in [0.5, 0.6) is 0 Å². The van der Waals surface area contributed by atoms with Gasteiger partial charge in [0.1, 0.15) is 0 Å². The van der Waals surface area contributed by atoms with E-state index in [2.05, 4.69) is 21.2 Å². The maximum absolute atomic E-state index is 12.1. The fraction of sp³-hybridized carbons (Fsp3) is 0.0714. The number of nitro benzene ring substituents is 1. The number of carbonyl (C=O) groups excluding carboxylic acids is 1. The summed E-state index contributed by atoms with van der Waals surface area (Å²) in [5, 5.41) is 13.6. The first-order valence-electron chi connectivity index (χ1n) is 5.90. The second-order valence-corrected chi connectivity index (χ2v) is 5.84. The second-order valence-electron chi connectivity index (χ2n) is 4.11.